The Morgan fingerprint density at radius 3 is 2.38 bits per heavy atom. The van der Waals surface area contributed by atoms with Crippen molar-refractivity contribution >= 4 is 29.4 Å². The highest BCUT2D eigenvalue weighted by atomic mass is 32.2. The maximum atomic E-state index is 10.9. The molecule has 0 aromatic heterocycles. The molecule has 16 heavy (non-hydrogen) atoms. The van der Waals surface area contributed by atoms with E-state index in [9.17, 15) is 14.7 Å². The van der Waals surface area contributed by atoms with Crippen molar-refractivity contribution in [2.24, 2.45) is 10.9 Å². The number of aliphatic imine (C=N–C) groups is 1. The van der Waals surface area contributed by atoms with E-state index in [1.54, 1.807) is 0 Å². The first-order chi connectivity index (χ1) is 7.34. The Balaban J connectivity index is 2.95. The van der Waals surface area contributed by atoms with Crippen molar-refractivity contribution in [3.05, 3.63) is 11.5 Å². The van der Waals surface area contributed by atoms with Gasteiger partial charge in [0, 0.05) is 4.91 Å². The summed E-state index contributed by atoms with van der Waals surface area (Å²) in [6.45, 7) is 4.81. The van der Waals surface area contributed by atoms with Gasteiger partial charge in [-0.2, -0.15) is 0 Å². The van der Waals surface area contributed by atoms with Crippen LogP contribution >= 0.6 is 11.8 Å². The highest BCUT2D eigenvalue weighted by molar-refractivity contribution is 8.05. The van der Waals surface area contributed by atoms with Crippen LogP contribution in [-0.2, 0) is 9.59 Å². The Morgan fingerprint density at radius 2 is 2.06 bits per heavy atom. The molecule has 0 aliphatic carbocycles. The van der Waals surface area contributed by atoms with E-state index >= 15 is 0 Å². The van der Waals surface area contributed by atoms with Crippen molar-refractivity contribution in [1.82, 2.24) is 0 Å². The van der Waals surface area contributed by atoms with E-state index in [0.29, 0.717) is 0 Å². The summed E-state index contributed by atoms with van der Waals surface area (Å²) >= 11 is 0.947. The molecule has 7 heteroatoms. The molecule has 0 amide bonds. The van der Waals surface area contributed by atoms with E-state index in [2.05, 4.69) is 11.6 Å². The summed E-state index contributed by atoms with van der Waals surface area (Å²) in [7, 11) is 0. The third kappa shape index (κ3) is 2.42. The summed E-state index contributed by atoms with van der Waals surface area (Å²) in [4.78, 5) is 25.6. The van der Waals surface area contributed by atoms with Crippen LogP contribution < -0.4 is 0 Å². The Bertz CT molecular complexity index is 376. The van der Waals surface area contributed by atoms with Gasteiger partial charge in [0.25, 0.3) is 0 Å². The minimum Gasteiger partial charge on any atom is -0.481 e. The second-order valence-corrected chi connectivity index (χ2v) is 4.53. The standard InChI is InChI=1S/C9H11NO5S/c1-3(11)5(8(12)13)7-10-6(9(14)15)4(2)16-7/h3,5,7,11H,2H2,1H3,(H,12,13)(H,14,15). The molecule has 88 valence electrons. The lowest BCUT2D eigenvalue weighted by Gasteiger charge is -2.18. The topological polar surface area (TPSA) is 107 Å². The summed E-state index contributed by atoms with van der Waals surface area (Å²) in [5, 5.41) is 26.1. The molecule has 0 bridgehead atoms. The number of aliphatic hydroxyl groups excluding tert-OH is 1. The maximum Gasteiger partial charge on any atom is 0.355 e. The number of rotatable bonds is 4. The summed E-state index contributed by atoms with van der Waals surface area (Å²) in [5.74, 6) is -3.59. The molecule has 3 unspecified atom stereocenters. The van der Waals surface area contributed by atoms with Crippen molar-refractivity contribution in [3.8, 4) is 0 Å². The zero-order chi connectivity index (χ0) is 12.5. The summed E-state index contributed by atoms with van der Waals surface area (Å²) < 4.78 is 0. The maximum absolute atomic E-state index is 10.9. The first-order valence-electron chi connectivity index (χ1n) is 4.42. The van der Waals surface area contributed by atoms with Gasteiger partial charge in [0.05, 0.1) is 6.10 Å². The third-order valence-corrected chi connectivity index (χ3v) is 3.22. The van der Waals surface area contributed by atoms with Crippen LogP contribution in [0.15, 0.2) is 16.5 Å². The van der Waals surface area contributed by atoms with Gasteiger partial charge in [0.1, 0.15) is 11.3 Å². The molecule has 0 saturated carbocycles. The van der Waals surface area contributed by atoms with Crippen molar-refractivity contribution in [3.63, 3.8) is 0 Å². The van der Waals surface area contributed by atoms with Crippen LogP contribution in [0.3, 0.4) is 0 Å². The number of aliphatic carboxylic acids is 2. The number of carboxylic acid groups (broad SMARTS) is 2. The molecule has 0 fully saturated rings. The average molecular weight is 245 g/mol. The summed E-state index contributed by atoms with van der Waals surface area (Å²) in [6, 6.07) is 0. The molecule has 0 saturated heterocycles. The van der Waals surface area contributed by atoms with E-state index in [1.807, 2.05) is 0 Å². The summed E-state index contributed by atoms with van der Waals surface area (Å²) in [6.07, 6.45) is -1.11. The van der Waals surface area contributed by atoms with Gasteiger partial charge in [0.2, 0.25) is 0 Å². The van der Waals surface area contributed by atoms with Crippen molar-refractivity contribution in [1.29, 1.82) is 0 Å². The Hall–Kier alpha value is -1.34. The average Bonchev–Trinajstić information content (AvgIpc) is 2.45. The van der Waals surface area contributed by atoms with Gasteiger partial charge < -0.3 is 15.3 Å². The van der Waals surface area contributed by atoms with Crippen LogP contribution in [0.4, 0.5) is 0 Å². The van der Waals surface area contributed by atoms with Gasteiger partial charge in [0.15, 0.2) is 5.71 Å². The fourth-order valence-electron chi connectivity index (χ4n) is 1.32. The minimum absolute atomic E-state index is 0.212. The number of thioether (sulfide) groups is 1. The number of hydrogen-bond acceptors (Lipinski definition) is 5. The van der Waals surface area contributed by atoms with Gasteiger partial charge in [-0.25, -0.2) is 4.79 Å². The second-order valence-electron chi connectivity index (χ2n) is 3.32. The van der Waals surface area contributed by atoms with E-state index in [4.69, 9.17) is 10.2 Å². The first kappa shape index (κ1) is 12.7. The van der Waals surface area contributed by atoms with Crippen LogP contribution in [-0.4, -0.2) is 44.4 Å². The Kier molecular flexibility index (Phi) is 3.71. The van der Waals surface area contributed by atoms with Crippen LogP contribution in [0.25, 0.3) is 0 Å². The molecule has 1 heterocycles. The van der Waals surface area contributed by atoms with E-state index in [-0.39, 0.29) is 10.6 Å². The van der Waals surface area contributed by atoms with Gasteiger partial charge >= 0.3 is 11.9 Å². The van der Waals surface area contributed by atoms with Gasteiger partial charge in [-0.05, 0) is 6.92 Å². The zero-order valence-corrected chi connectivity index (χ0v) is 9.27. The van der Waals surface area contributed by atoms with E-state index < -0.39 is 29.3 Å². The highest BCUT2D eigenvalue weighted by Crippen LogP contribution is 2.36. The summed E-state index contributed by atoms with van der Waals surface area (Å²) in [5.41, 5.74) is -0.234. The number of aliphatic hydroxyl groups is 1. The van der Waals surface area contributed by atoms with Crippen molar-refractivity contribution < 1.29 is 24.9 Å². The molecule has 6 nitrogen and oxygen atoms in total. The van der Waals surface area contributed by atoms with Gasteiger partial charge in [-0.1, -0.05) is 18.3 Å². The molecule has 0 aromatic carbocycles. The Labute approximate surface area is 95.7 Å². The van der Waals surface area contributed by atoms with E-state index in [1.165, 1.54) is 6.92 Å². The molecule has 1 rings (SSSR count). The number of carbonyl (C=O) groups is 2. The van der Waals surface area contributed by atoms with Crippen LogP contribution in [0, 0.1) is 5.92 Å². The van der Waals surface area contributed by atoms with Crippen molar-refractivity contribution in [2.45, 2.75) is 18.4 Å². The van der Waals surface area contributed by atoms with Gasteiger partial charge in [-0.3, -0.25) is 9.79 Å². The zero-order valence-electron chi connectivity index (χ0n) is 8.45. The molecular formula is C9H11NO5S. The second kappa shape index (κ2) is 4.67. The predicted octanol–water partition coefficient (Wildman–Crippen LogP) is 0.180. The number of carboxylic acids is 2. The fraction of sp³-hybridized carbons (Fsp3) is 0.444. The van der Waals surface area contributed by atoms with Crippen LogP contribution in [0.2, 0.25) is 0 Å². The number of hydrogen-bond donors (Lipinski definition) is 3. The fourth-order valence-corrected chi connectivity index (χ4v) is 2.51. The predicted molar refractivity (Wildman–Crippen MR) is 58.4 cm³/mol. The SMILES string of the molecule is C=C1SC(C(C(=O)O)C(C)O)N=C1C(=O)O. The van der Waals surface area contributed by atoms with Gasteiger partial charge in [-0.15, -0.1) is 0 Å². The molecule has 0 spiro atoms. The van der Waals surface area contributed by atoms with Crippen LogP contribution in [0.1, 0.15) is 6.92 Å². The van der Waals surface area contributed by atoms with E-state index in [0.717, 1.165) is 11.8 Å². The molecule has 3 atom stereocenters. The largest absolute Gasteiger partial charge is 0.481 e. The lowest BCUT2D eigenvalue weighted by molar-refractivity contribution is -0.145. The minimum atomic E-state index is -1.24. The number of nitrogens with zero attached hydrogens (tertiary/aromatic N) is 1. The van der Waals surface area contributed by atoms with Crippen molar-refractivity contribution in [2.75, 3.05) is 0 Å². The Morgan fingerprint density at radius 1 is 1.50 bits per heavy atom. The quantitative estimate of drug-likeness (QED) is 0.652. The molecule has 0 radical (unpaired) electrons. The molecular weight excluding hydrogens is 234 g/mol. The molecule has 3 N–H and O–H groups in total. The molecule has 0 aromatic rings. The third-order valence-electron chi connectivity index (χ3n) is 2.10. The molecule has 1 aliphatic rings. The van der Waals surface area contributed by atoms with Crippen LogP contribution in [0.5, 0.6) is 0 Å². The highest BCUT2D eigenvalue weighted by Gasteiger charge is 2.38. The first-order valence-corrected chi connectivity index (χ1v) is 5.30. The lowest BCUT2D eigenvalue weighted by atomic mass is 10.0. The smallest absolute Gasteiger partial charge is 0.355 e. The normalized spacial score (nSPS) is 23.8. The lowest BCUT2D eigenvalue weighted by Crippen LogP contribution is -2.33. The molecule has 1 aliphatic heterocycles. The monoisotopic (exact) mass is 245 g/mol.